The van der Waals surface area contributed by atoms with Crippen LogP contribution in [0.15, 0.2) is 24.3 Å². The fourth-order valence-corrected chi connectivity index (χ4v) is 2.98. The summed E-state index contributed by atoms with van der Waals surface area (Å²) in [6.07, 6.45) is 0. The van der Waals surface area contributed by atoms with E-state index in [4.69, 9.17) is 0 Å². The zero-order valence-electron chi connectivity index (χ0n) is 14.4. The lowest BCUT2D eigenvalue weighted by atomic mass is 10.1. The van der Waals surface area contributed by atoms with Crippen molar-refractivity contribution in [2.45, 2.75) is 6.43 Å². The van der Waals surface area contributed by atoms with E-state index in [-0.39, 0.29) is 5.82 Å². The van der Waals surface area contributed by atoms with Gasteiger partial charge in [0.25, 0.3) is 17.7 Å². The van der Waals surface area contributed by atoms with Crippen LogP contribution < -0.4 is 16.0 Å². The minimum Gasteiger partial charge on any atom is -0.323 e. The van der Waals surface area contributed by atoms with Crippen LogP contribution in [0.5, 0.6) is 0 Å². The van der Waals surface area contributed by atoms with Gasteiger partial charge in [-0.25, -0.2) is 4.98 Å². The average molecular weight is 1010 g/mol. The van der Waals surface area contributed by atoms with Crippen molar-refractivity contribution in [3.8, 4) is 0 Å². The first-order valence-corrected chi connectivity index (χ1v) is 14.7. The average Bonchev–Trinajstić information content (AvgIpc) is 2.59. The summed E-state index contributed by atoms with van der Waals surface area (Å²) in [5.74, 6) is -1.30. The summed E-state index contributed by atoms with van der Waals surface area (Å²) >= 11 is 28.4. The van der Waals surface area contributed by atoms with Gasteiger partial charge in [0, 0.05) is 11.5 Å². The summed E-state index contributed by atoms with van der Waals surface area (Å²) in [4.78, 5) is 41.7. The van der Waals surface area contributed by atoms with E-state index in [1.54, 1.807) is 18.2 Å². The highest BCUT2D eigenvalue weighted by atomic mass is 80.0. The third-order valence-corrected chi connectivity index (χ3v) is 6.59. The Hall–Kier alpha value is 1.36. The first-order valence-electron chi connectivity index (χ1n) is 7.58. The fraction of sp³-hybridized carbons (Fsp3) is 0.200. The van der Waals surface area contributed by atoms with Crippen molar-refractivity contribution in [1.29, 1.82) is 0 Å². The molecule has 0 aliphatic rings. The van der Waals surface area contributed by atoms with Crippen molar-refractivity contribution in [2.75, 3.05) is 16.0 Å². The number of nitrogens with one attached hydrogen (secondary N) is 3. The number of amides is 3. The highest BCUT2D eigenvalue weighted by Crippen LogP contribution is 2.39. The largest absolute Gasteiger partial charge is 0.323 e. The third kappa shape index (κ3) is 8.22. The molecular weight excluding hydrogens is 1000 g/mol. The van der Waals surface area contributed by atoms with Crippen LogP contribution in [0, 0.1) is 0 Å². The van der Waals surface area contributed by atoms with Gasteiger partial charge in [-0.3, -0.25) is 14.4 Å². The Bertz CT molecular complexity index is 1040. The number of carbonyl (C=O) groups excluding carboxylic acids is 3. The molecule has 1 heterocycles. The van der Waals surface area contributed by atoms with Crippen LogP contribution in [0.2, 0.25) is 0 Å². The van der Waals surface area contributed by atoms with E-state index in [1.165, 1.54) is 6.07 Å². The van der Waals surface area contributed by atoms with Crippen LogP contribution in [-0.4, -0.2) is 29.1 Å². The Morgan fingerprint density at radius 1 is 0.677 bits per heavy atom. The number of carbonyl (C=O) groups is 3. The minimum absolute atomic E-state index is 0.129. The van der Waals surface area contributed by atoms with E-state index in [0.717, 1.165) is 0 Å². The molecule has 0 spiro atoms. The lowest BCUT2D eigenvalue weighted by molar-refractivity contribution is -0.115. The van der Waals surface area contributed by atoms with Gasteiger partial charge in [-0.15, -0.1) is 0 Å². The number of alkyl halides is 9. The van der Waals surface area contributed by atoms with Gasteiger partial charge < -0.3 is 16.0 Å². The molecule has 0 aliphatic heterocycles. The molecule has 0 saturated heterocycles. The molecule has 0 saturated carbocycles. The number of benzene rings is 1. The normalized spacial score (nSPS) is 12.4. The SMILES string of the molecule is O=C(Nc1cc(NC(=O)C(Br)(Br)Br)c2cccc(NC(=O)C(Br)(Br)Br)c2n1)C(Br)(Br)Br. The fourth-order valence-electron chi connectivity index (χ4n) is 2.09. The maximum atomic E-state index is 12.5. The smallest absolute Gasteiger partial charge is 0.264 e. The molecule has 1 aromatic carbocycles. The maximum Gasteiger partial charge on any atom is 0.264 e. The van der Waals surface area contributed by atoms with E-state index in [9.17, 15) is 14.4 Å². The van der Waals surface area contributed by atoms with Crippen molar-refractivity contribution in [3.05, 3.63) is 24.3 Å². The zero-order chi connectivity index (χ0) is 23.8. The van der Waals surface area contributed by atoms with Gasteiger partial charge >= 0.3 is 0 Å². The molecule has 3 N–H and O–H groups in total. The van der Waals surface area contributed by atoms with Gasteiger partial charge in [0.2, 0.25) is 6.43 Å². The third-order valence-electron chi connectivity index (χ3n) is 3.35. The number of anilines is 3. The molecule has 1 aromatic heterocycles. The highest BCUT2D eigenvalue weighted by molar-refractivity contribution is 9.40. The first kappa shape index (κ1) is 28.6. The number of nitrogens with zero attached hydrogens (tertiary/aromatic N) is 1. The summed E-state index contributed by atoms with van der Waals surface area (Å²) in [5.41, 5.74) is 1.02. The Kier molecular flexibility index (Phi) is 10.1. The summed E-state index contributed by atoms with van der Waals surface area (Å²) in [6, 6.07) is 6.53. The quantitative estimate of drug-likeness (QED) is 0.277. The van der Waals surface area contributed by atoms with Crippen molar-refractivity contribution in [1.82, 2.24) is 4.98 Å². The number of para-hydroxylation sites is 1. The van der Waals surface area contributed by atoms with Gasteiger partial charge in [-0.1, -0.05) is 12.1 Å². The molecule has 0 fully saturated rings. The number of rotatable bonds is 3. The molecule has 2 aromatic rings. The van der Waals surface area contributed by atoms with E-state index in [2.05, 4.69) is 164 Å². The minimum atomic E-state index is -1.22. The van der Waals surface area contributed by atoms with E-state index in [1.807, 2.05) is 0 Å². The van der Waals surface area contributed by atoms with Crippen LogP contribution in [-0.2, 0) is 14.4 Å². The molecule has 168 valence electrons. The van der Waals surface area contributed by atoms with Crippen LogP contribution >= 0.6 is 143 Å². The molecule has 7 nitrogen and oxygen atoms in total. The van der Waals surface area contributed by atoms with Crippen molar-refractivity contribution in [2.24, 2.45) is 0 Å². The van der Waals surface area contributed by atoms with E-state index >= 15 is 0 Å². The summed E-state index contributed by atoms with van der Waals surface area (Å²) < 4.78 is -3.63. The molecule has 0 unspecified atom stereocenters. The number of pyridine rings is 1. The molecule has 0 bridgehead atoms. The molecule has 31 heavy (non-hydrogen) atoms. The van der Waals surface area contributed by atoms with E-state index in [0.29, 0.717) is 22.3 Å². The Labute approximate surface area is 251 Å². The maximum absolute atomic E-state index is 12.5. The number of hydrogen-bond donors (Lipinski definition) is 3. The summed E-state index contributed by atoms with van der Waals surface area (Å²) in [7, 11) is 0. The second-order valence-electron chi connectivity index (χ2n) is 5.61. The standard InChI is InChI=1S/C15H7Br9N4O3/c16-13(17,18)10(29)25-6-3-1-2-5-7(26-11(30)14(19,20)21)4-8(27-9(5)6)28-12(31)15(22,23)24/h1-4H,(H,25,29)(H2,26,27,28,30,31). The van der Waals surface area contributed by atoms with Gasteiger partial charge in [0.1, 0.15) is 5.82 Å². The summed E-state index contributed by atoms with van der Waals surface area (Å²) in [6.45, 7) is 0. The van der Waals surface area contributed by atoms with Gasteiger partial charge in [0.15, 0.2) is 0 Å². The number of aromatic nitrogens is 1. The Morgan fingerprint density at radius 3 is 1.61 bits per heavy atom. The lowest BCUT2D eigenvalue weighted by Gasteiger charge is -2.19. The van der Waals surface area contributed by atoms with Gasteiger partial charge in [-0.05, 0) is 149 Å². The molecule has 16 heteroatoms. The van der Waals surface area contributed by atoms with Crippen molar-refractivity contribution in [3.63, 3.8) is 0 Å². The van der Waals surface area contributed by atoms with Gasteiger partial charge in [0.05, 0.1) is 16.9 Å². The van der Waals surface area contributed by atoms with Crippen LogP contribution in [0.25, 0.3) is 10.9 Å². The van der Waals surface area contributed by atoms with Crippen LogP contribution in [0.1, 0.15) is 0 Å². The highest BCUT2D eigenvalue weighted by Gasteiger charge is 2.32. The van der Waals surface area contributed by atoms with Crippen LogP contribution in [0.3, 0.4) is 0 Å². The Morgan fingerprint density at radius 2 is 1.13 bits per heavy atom. The Balaban J connectivity index is 2.64. The van der Waals surface area contributed by atoms with Gasteiger partial charge in [-0.2, -0.15) is 0 Å². The monoisotopic (exact) mass is 1000 g/mol. The summed E-state index contributed by atoms with van der Waals surface area (Å²) in [5, 5.41) is 8.61. The zero-order valence-corrected chi connectivity index (χ0v) is 28.7. The predicted octanol–water partition coefficient (Wildman–Crippen LogP) is 7.57. The number of fused-ring (bicyclic) bond motifs is 1. The molecule has 0 atom stereocenters. The molecule has 0 radical (unpaired) electrons. The molecule has 3 amide bonds. The van der Waals surface area contributed by atoms with Crippen molar-refractivity contribution >= 4 is 189 Å². The second-order valence-corrected chi connectivity index (χ2v) is 25.9. The van der Waals surface area contributed by atoms with Crippen molar-refractivity contribution < 1.29 is 14.4 Å². The predicted molar refractivity (Wildman–Crippen MR) is 156 cm³/mol. The number of halogens is 9. The first-order chi connectivity index (χ1) is 14.0. The lowest BCUT2D eigenvalue weighted by Crippen LogP contribution is -2.28. The van der Waals surface area contributed by atoms with E-state index < -0.39 is 24.1 Å². The van der Waals surface area contributed by atoms with Crippen LogP contribution in [0.4, 0.5) is 17.2 Å². The molecular formula is C15H7Br9N4O3. The second kappa shape index (κ2) is 11.0. The number of hydrogen-bond acceptors (Lipinski definition) is 4. The topological polar surface area (TPSA) is 100 Å². The molecule has 2 rings (SSSR count). The molecule has 0 aliphatic carbocycles.